The molecule has 1 amide bonds. The molecule has 0 aliphatic heterocycles. The molecule has 1 atom stereocenters. The van der Waals surface area contributed by atoms with Crippen LogP contribution in [0, 0.1) is 6.92 Å². The number of nitrogens with zero attached hydrogens (tertiary/aromatic N) is 2. The third-order valence-electron chi connectivity index (χ3n) is 3.19. The molecule has 2 aromatic heterocycles. The van der Waals surface area contributed by atoms with Crippen molar-refractivity contribution in [3.63, 3.8) is 0 Å². The molecule has 4 nitrogen and oxygen atoms in total. The minimum atomic E-state index is 0.0214. The first-order valence-corrected chi connectivity index (χ1v) is 7.77. The fourth-order valence-electron chi connectivity index (χ4n) is 2.20. The Morgan fingerprint density at radius 2 is 2.35 bits per heavy atom. The monoisotopic (exact) mass is 291 g/mol. The zero-order valence-corrected chi connectivity index (χ0v) is 13.0. The van der Waals surface area contributed by atoms with Crippen LogP contribution in [0.15, 0.2) is 24.8 Å². The van der Waals surface area contributed by atoms with Gasteiger partial charge in [0, 0.05) is 29.9 Å². The van der Waals surface area contributed by atoms with Gasteiger partial charge in [-0.3, -0.25) is 4.79 Å². The zero-order chi connectivity index (χ0) is 14.5. The molecule has 0 saturated heterocycles. The van der Waals surface area contributed by atoms with Gasteiger partial charge in [0.15, 0.2) is 0 Å². The first-order valence-electron chi connectivity index (χ1n) is 6.96. The number of aryl methyl sites for hydroxylation is 2. The van der Waals surface area contributed by atoms with Gasteiger partial charge in [-0.2, -0.15) is 0 Å². The van der Waals surface area contributed by atoms with Crippen LogP contribution in [-0.4, -0.2) is 21.5 Å². The highest BCUT2D eigenvalue weighted by Crippen LogP contribution is 2.22. The van der Waals surface area contributed by atoms with Crippen molar-refractivity contribution in [2.24, 2.45) is 0 Å². The van der Waals surface area contributed by atoms with E-state index in [1.165, 1.54) is 10.4 Å². The largest absolute Gasteiger partial charge is 0.347 e. The number of imidazole rings is 1. The number of hydrogen-bond donors (Lipinski definition) is 1. The van der Waals surface area contributed by atoms with Gasteiger partial charge in [-0.25, -0.2) is 4.98 Å². The molecule has 2 rings (SSSR count). The highest BCUT2D eigenvalue weighted by molar-refractivity contribution is 7.14. The van der Waals surface area contributed by atoms with Gasteiger partial charge < -0.3 is 9.88 Å². The summed E-state index contributed by atoms with van der Waals surface area (Å²) in [6.07, 6.45) is 7.55. The van der Waals surface area contributed by atoms with Crippen molar-refractivity contribution < 1.29 is 4.79 Å². The number of rotatable bonds is 6. The minimum absolute atomic E-state index is 0.0214. The second kappa shape index (κ2) is 6.70. The molecule has 0 unspecified atom stereocenters. The number of nitrogens with one attached hydrogen (secondary N) is 1. The maximum absolute atomic E-state index is 12.2. The van der Waals surface area contributed by atoms with E-state index in [1.807, 2.05) is 23.8 Å². The summed E-state index contributed by atoms with van der Waals surface area (Å²) in [5, 5.41) is 3.04. The molecule has 0 fully saturated rings. The fraction of sp³-hybridized carbons (Fsp3) is 0.467. The van der Waals surface area contributed by atoms with E-state index in [2.05, 4.69) is 24.1 Å². The Hall–Kier alpha value is -1.62. The summed E-state index contributed by atoms with van der Waals surface area (Å²) in [4.78, 5) is 18.3. The van der Waals surface area contributed by atoms with Gasteiger partial charge in [0.1, 0.15) is 0 Å². The smallest absolute Gasteiger partial charge is 0.261 e. The maximum atomic E-state index is 12.2. The normalized spacial score (nSPS) is 12.3. The molecule has 2 heterocycles. The molecule has 0 spiro atoms. The number of aromatic nitrogens is 2. The van der Waals surface area contributed by atoms with E-state index in [9.17, 15) is 4.79 Å². The highest BCUT2D eigenvalue weighted by Gasteiger charge is 2.14. The fourth-order valence-corrected chi connectivity index (χ4v) is 3.18. The van der Waals surface area contributed by atoms with Crippen molar-refractivity contribution in [2.45, 2.75) is 46.2 Å². The summed E-state index contributed by atoms with van der Waals surface area (Å²) in [6, 6.07) is 2.11. The number of amides is 1. The van der Waals surface area contributed by atoms with Gasteiger partial charge in [0.05, 0.1) is 11.2 Å². The summed E-state index contributed by atoms with van der Waals surface area (Å²) >= 11 is 1.58. The second-order valence-electron chi connectivity index (χ2n) is 5.08. The second-order valence-corrected chi connectivity index (χ2v) is 6.33. The predicted octanol–water partition coefficient (Wildman–Crippen LogP) is 3.02. The van der Waals surface area contributed by atoms with Crippen molar-refractivity contribution in [2.75, 3.05) is 0 Å². The molecule has 2 aromatic rings. The van der Waals surface area contributed by atoms with Crippen molar-refractivity contribution in [1.29, 1.82) is 0 Å². The summed E-state index contributed by atoms with van der Waals surface area (Å²) in [5.41, 5.74) is 1.30. The lowest BCUT2D eigenvalue weighted by Gasteiger charge is -2.13. The molecular weight excluding hydrogens is 270 g/mol. The van der Waals surface area contributed by atoms with Crippen molar-refractivity contribution >= 4 is 17.2 Å². The number of thiophene rings is 1. The first-order chi connectivity index (χ1) is 9.60. The average molecular weight is 291 g/mol. The molecule has 108 valence electrons. The number of carbonyl (C=O) groups is 1. The SMILES string of the molecule is CCCc1cc(C(=O)N[C@H](C)Cn2ccnc2)sc1C. The third kappa shape index (κ3) is 3.70. The summed E-state index contributed by atoms with van der Waals surface area (Å²) < 4.78 is 1.97. The van der Waals surface area contributed by atoms with Crippen LogP contribution in [0.1, 0.15) is 40.4 Å². The number of hydrogen-bond acceptors (Lipinski definition) is 3. The van der Waals surface area contributed by atoms with E-state index >= 15 is 0 Å². The van der Waals surface area contributed by atoms with Gasteiger partial charge in [-0.05, 0) is 31.9 Å². The Kier molecular flexibility index (Phi) is 4.95. The van der Waals surface area contributed by atoms with Crippen LogP contribution >= 0.6 is 11.3 Å². The van der Waals surface area contributed by atoms with Gasteiger partial charge >= 0.3 is 0 Å². The molecule has 0 saturated carbocycles. The van der Waals surface area contributed by atoms with Crippen LogP contribution in [0.5, 0.6) is 0 Å². The van der Waals surface area contributed by atoms with Crippen LogP contribution in [0.25, 0.3) is 0 Å². The summed E-state index contributed by atoms with van der Waals surface area (Å²) in [5.74, 6) is 0.0214. The van der Waals surface area contributed by atoms with Crippen molar-refractivity contribution in [3.8, 4) is 0 Å². The molecule has 20 heavy (non-hydrogen) atoms. The van der Waals surface area contributed by atoms with E-state index in [4.69, 9.17) is 0 Å². The maximum Gasteiger partial charge on any atom is 0.261 e. The molecule has 0 radical (unpaired) electrons. The lowest BCUT2D eigenvalue weighted by Crippen LogP contribution is -2.35. The van der Waals surface area contributed by atoms with E-state index in [0.29, 0.717) is 0 Å². The van der Waals surface area contributed by atoms with Crippen molar-refractivity contribution in [3.05, 3.63) is 40.1 Å². The average Bonchev–Trinajstić information content (AvgIpc) is 3.00. The molecule has 0 bridgehead atoms. The van der Waals surface area contributed by atoms with E-state index < -0.39 is 0 Å². The molecule has 0 aliphatic rings. The highest BCUT2D eigenvalue weighted by atomic mass is 32.1. The van der Waals surface area contributed by atoms with Crippen LogP contribution in [0.4, 0.5) is 0 Å². The van der Waals surface area contributed by atoms with Gasteiger partial charge in [-0.15, -0.1) is 11.3 Å². The van der Waals surface area contributed by atoms with Gasteiger partial charge in [0.2, 0.25) is 0 Å². The number of carbonyl (C=O) groups excluding carboxylic acids is 1. The van der Waals surface area contributed by atoms with Crippen LogP contribution in [0.2, 0.25) is 0 Å². The zero-order valence-electron chi connectivity index (χ0n) is 12.2. The van der Waals surface area contributed by atoms with Crippen LogP contribution in [-0.2, 0) is 13.0 Å². The molecule has 5 heteroatoms. The quantitative estimate of drug-likeness (QED) is 0.889. The molecular formula is C15H21N3OS. The molecule has 1 N–H and O–H groups in total. The van der Waals surface area contributed by atoms with E-state index in [-0.39, 0.29) is 11.9 Å². The Labute approximate surface area is 123 Å². The van der Waals surface area contributed by atoms with Gasteiger partial charge in [0.25, 0.3) is 5.91 Å². The Bertz CT molecular complexity index is 560. The summed E-state index contributed by atoms with van der Waals surface area (Å²) in [6.45, 7) is 6.98. The molecule has 0 aromatic carbocycles. The standard InChI is InChI=1S/C15H21N3OS/c1-4-5-13-8-14(20-12(13)3)15(19)17-11(2)9-18-7-6-16-10-18/h6-8,10-11H,4-5,9H2,1-3H3,(H,17,19)/t11-/m1/s1. The topological polar surface area (TPSA) is 46.9 Å². The van der Waals surface area contributed by atoms with E-state index in [0.717, 1.165) is 24.3 Å². The minimum Gasteiger partial charge on any atom is -0.347 e. The first kappa shape index (κ1) is 14.8. The third-order valence-corrected chi connectivity index (χ3v) is 4.28. The molecule has 0 aliphatic carbocycles. The van der Waals surface area contributed by atoms with Crippen molar-refractivity contribution in [1.82, 2.24) is 14.9 Å². The Morgan fingerprint density at radius 1 is 1.55 bits per heavy atom. The Balaban J connectivity index is 1.95. The lowest BCUT2D eigenvalue weighted by atomic mass is 10.1. The Morgan fingerprint density at radius 3 is 3.00 bits per heavy atom. The predicted molar refractivity (Wildman–Crippen MR) is 82.2 cm³/mol. The van der Waals surface area contributed by atoms with E-state index in [1.54, 1.807) is 23.9 Å². The van der Waals surface area contributed by atoms with Crippen LogP contribution < -0.4 is 5.32 Å². The van der Waals surface area contributed by atoms with Crippen LogP contribution in [0.3, 0.4) is 0 Å². The summed E-state index contributed by atoms with van der Waals surface area (Å²) in [7, 11) is 0. The van der Waals surface area contributed by atoms with Gasteiger partial charge in [-0.1, -0.05) is 13.3 Å². The lowest BCUT2D eigenvalue weighted by molar-refractivity contribution is 0.0941.